The molecule has 56 valence electrons. The molecule has 0 unspecified atom stereocenters. The van der Waals surface area contributed by atoms with E-state index in [1.165, 1.54) is 24.8 Å². The molecular formula is C10H16. The average molecular weight is 136 g/mol. The van der Waals surface area contributed by atoms with Gasteiger partial charge in [-0.3, -0.25) is 0 Å². The van der Waals surface area contributed by atoms with Crippen molar-refractivity contribution < 1.29 is 0 Å². The van der Waals surface area contributed by atoms with Gasteiger partial charge in [0.25, 0.3) is 0 Å². The minimum absolute atomic E-state index is 0.913. The smallest absolute Gasteiger partial charge is 0.0251 e. The van der Waals surface area contributed by atoms with Crippen LogP contribution < -0.4 is 0 Å². The highest BCUT2D eigenvalue weighted by atomic mass is 14.1. The lowest BCUT2D eigenvalue weighted by molar-refractivity contribution is 0.491. The maximum absolute atomic E-state index is 2.27. The molecule has 0 N–H and O–H groups in total. The first-order valence-corrected chi connectivity index (χ1v) is 4.24. The Bertz CT molecular complexity index is 147. The van der Waals surface area contributed by atoms with Crippen LogP contribution in [0.25, 0.3) is 0 Å². The molecule has 1 aliphatic rings. The second-order valence-corrected chi connectivity index (χ2v) is 2.99. The van der Waals surface area contributed by atoms with Gasteiger partial charge in [0.1, 0.15) is 0 Å². The van der Waals surface area contributed by atoms with Gasteiger partial charge < -0.3 is 0 Å². The maximum Gasteiger partial charge on any atom is -0.0251 e. The minimum Gasteiger partial charge on any atom is -0.0651 e. The molecule has 0 atom stereocenters. The predicted octanol–water partition coefficient (Wildman–Crippen LogP) is 3.31. The van der Waals surface area contributed by atoms with Gasteiger partial charge in [-0.05, 0) is 17.9 Å². The summed E-state index contributed by atoms with van der Waals surface area (Å²) in [5.41, 5.74) is 1.54. The van der Waals surface area contributed by atoms with Crippen LogP contribution in [0, 0.1) is 5.92 Å². The van der Waals surface area contributed by atoms with E-state index >= 15 is 0 Å². The van der Waals surface area contributed by atoms with Gasteiger partial charge in [0.15, 0.2) is 0 Å². The summed E-state index contributed by atoms with van der Waals surface area (Å²) in [6.45, 7) is 4.55. The highest BCUT2D eigenvalue weighted by Gasteiger charge is 2.06. The Balaban J connectivity index is 2.21. The molecule has 0 fully saturated rings. The third-order valence-electron chi connectivity index (χ3n) is 2.30. The fourth-order valence-electron chi connectivity index (χ4n) is 1.28. The lowest BCUT2D eigenvalue weighted by Gasteiger charge is -2.14. The van der Waals surface area contributed by atoms with Gasteiger partial charge in [-0.1, -0.05) is 44.9 Å². The summed E-state index contributed by atoms with van der Waals surface area (Å²) >= 11 is 0. The van der Waals surface area contributed by atoms with Crippen LogP contribution in [0.2, 0.25) is 0 Å². The zero-order valence-corrected chi connectivity index (χ0v) is 6.93. The third kappa shape index (κ3) is 1.73. The van der Waals surface area contributed by atoms with Crippen LogP contribution in [-0.4, -0.2) is 0 Å². The average Bonchev–Trinajstić information content (AvgIpc) is 1.87. The van der Waals surface area contributed by atoms with E-state index < -0.39 is 0 Å². The molecule has 0 saturated heterocycles. The van der Waals surface area contributed by atoms with Gasteiger partial charge in [-0.25, -0.2) is 0 Å². The molecule has 0 amide bonds. The van der Waals surface area contributed by atoms with Crippen molar-refractivity contribution in [3.8, 4) is 0 Å². The van der Waals surface area contributed by atoms with Crippen molar-refractivity contribution in [1.82, 2.24) is 0 Å². The summed E-state index contributed by atoms with van der Waals surface area (Å²) in [7, 11) is 0. The van der Waals surface area contributed by atoms with Gasteiger partial charge in [0.2, 0.25) is 0 Å². The van der Waals surface area contributed by atoms with E-state index in [-0.39, 0.29) is 0 Å². The summed E-state index contributed by atoms with van der Waals surface area (Å²) in [6.07, 6.45) is 10.5. The molecule has 10 heavy (non-hydrogen) atoms. The van der Waals surface area contributed by atoms with Crippen LogP contribution in [0.1, 0.15) is 33.1 Å². The molecule has 0 aromatic heterocycles. The van der Waals surface area contributed by atoms with Gasteiger partial charge in [-0.2, -0.15) is 0 Å². The summed E-state index contributed by atoms with van der Waals surface area (Å²) in [5, 5.41) is 0. The SMILES string of the molecule is CCC(CC)CC1=CC=C1. The highest BCUT2D eigenvalue weighted by Crippen LogP contribution is 2.22. The predicted molar refractivity (Wildman–Crippen MR) is 45.9 cm³/mol. The van der Waals surface area contributed by atoms with Crippen LogP contribution in [0.15, 0.2) is 23.8 Å². The molecule has 0 aliphatic heterocycles. The first kappa shape index (κ1) is 7.59. The largest absolute Gasteiger partial charge is 0.0651 e. The molecule has 1 aliphatic carbocycles. The topological polar surface area (TPSA) is 0 Å². The molecule has 1 rings (SSSR count). The molecule has 0 spiro atoms. The summed E-state index contributed by atoms with van der Waals surface area (Å²) in [5.74, 6) is 0.913. The van der Waals surface area contributed by atoms with Crippen molar-refractivity contribution in [2.75, 3.05) is 0 Å². The Morgan fingerprint density at radius 3 is 2.20 bits per heavy atom. The molecular weight excluding hydrogens is 120 g/mol. The summed E-state index contributed by atoms with van der Waals surface area (Å²) in [4.78, 5) is 0. The zero-order valence-electron chi connectivity index (χ0n) is 6.93. The standard InChI is InChI=1S/C10H16/c1-3-9(4-2)8-10-6-5-7-10/h5-7,9H,3-4,8H2,1-2H3. The number of allylic oxidation sites excluding steroid dienone is 4. The van der Waals surface area contributed by atoms with E-state index in [9.17, 15) is 0 Å². The van der Waals surface area contributed by atoms with Crippen LogP contribution in [0.5, 0.6) is 0 Å². The fraction of sp³-hybridized carbons (Fsp3) is 0.600. The van der Waals surface area contributed by atoms with Gasteiger partial charge in [0.05, 0.1) is 0 Å². The lowest BCUT2D eigenvalue weighted by atomic mass is 9.91. The second-order valence-electron chi connectivity index (χ2n) is 2.99. The van der Waals surface area contributed by atoms with E-state index in [1.54, 1.807) is 0 Å². The van der Waals surface area contributed by atoms with Gasteiger partial charge in [-0.15, -0.1) is 0 Å². The van der Waals surface area contributed by atoms with Crippen LogP contribution >= 0.6 is 0 Å². The first-order chi connectivity index (χ1) is 4.86. The first-order valence-electron chi connectivity index (χ1n) is 4.24. The third-order valence-corrected chi connectivity index (χ3v) is 2.30. The van der Waals surface area contributed by atoms with Gasteiger partial charge in [0, 0.05) is 0 Å². The van der Waals surface area contributed by atoms with Crippen molar-refractivity contribution >= 4 is 0 Å². The van der Waals surface area contributed by atoms with Crippen molar-refractivity contribution in [2.45, 2.75) is 33.1 Å². The Kier molecular flexibility index (Phi) is 2.73. The Morgan fingerprint density at radius 1 is 1.30 bits per heavy atom. The Hall–Kier alpha value is -0.520. The second kappa shape index (κ2) is 3.60. The van der Waals surface area contributed by atoms with Crippen molar-refractivity contribution in [3.05, 3.63) is 23.8 Å². The highest BCUT2D eigenvalue weighted by molar-refractivity contribution is 5.35. The van der Waals surface area contributed by atoms with E-state index in [0.717, 1.165) is 5.92 Å². The molecule has 0 bridgehead atoms. The van der Waals surface area contributed by atoms with E-state index in [4.69, 9.17) is 0 Å². The number of hydrogen-bond acceptors (Lipinski definition) is 0. The lowest BCUT2D eigenvalue weighted by Crippen LogP contribution is -1.99. The summed E-state index contributed by atoms with van der Waals surface area (Å²) in [6, 6.07) is 0. The maximum atomic E-state index is 2.27. The normalized spacial score (nSPS) is 15.3. The van der Waals surface area contributed by atoms with Crippen molar-refractivity contribution in [3.63, 3.8) is 0 Å². The quantitative estimate of drug-likeness (QED) is 0.556. The van der Waals surface area contributed by atoms with Crippen molar-refractivity contribution in [1.29, 1.82) is 0 Å². The molecule has 0 heterocycles. The molecule has 0 heteroatoms. The van der Waals surface area contributed by atoms with E-state index in [0.29, 0.717) is 0 Å². The molecule has 0 aromatic rings. The monoisotopic (exact) mass is 136 g/mol. The molecule has 0 aromatic carbocycles. The molecule has 0 nitrogen and oxygen atoms in total. The number of rotatable bonds is 4. The Morgan fingerprint density at radius 2 is 1.90 bits per heavy atom. The van der Waals surface area contributed by atoms with E-state index in [1.807, 2.05) is 0 Å². The van der Waals surface area contributed by atoms with Crippen LogP contribution in [0.3, 0.4) is 0 Å². The summed E-state index contributed by atoms with van der Waals surface area (Å²) < 4.78 is 0. The van der Waals surface area contributed by atoms with Gasteiger partial charge >= 0.3 is 0 Å². The van der Waals surface area contributed by atoms with Crippen LogP contribution in [-0.2, 0) is 0 Å². The van der Waals surface area contributed by atoms with Crippen molar-refractivity contribution in [2.24, 2.45) is 5.92 Å². The fourth-order valence-corrected chi connectivity index (χ4v) is 1.28. The van der Waals surface area contributed by atoms with Crippen LogP contribution in [0.4, 0.5) is 0 Å². The Labute approximate surface area is 63.6 Å². The molecule has 0 saturated carbocycles. The minimum atomic E-state index is 0.913. The number of hydrogen-bond donors (Lipinski definition) is 0. The van der Waals surface area contributed by atoms with E-state index in [2.05, 4.69) is 32.1 Å². The molecule has 0 radical (unpaired) electrons. The zero-order chi connectivity index (χ0) is 7.40.